The maximum atomic E-state index is 9.74. The molecule has 6 heteroatoms. The van der Waals surface area contributed by atoms with Crippen LogP contribution in [0.1, 0.15) is 27.9 Å². The molecule has 0 atom stereocenters. The summed E-state index contributed by atoms with van der Waals surface area (Å²) in [6.07, 6.45) is 7.48. The molecule has 0 bridgehead atoms. The van der Waals surface area contributed by atoms with Crippen molar-refractivity contribution in [3.8, 4) is 17.6 Å². The van der Waals surface area contributed by atoms with E-state index in [1.807, 2.05) is 55.6 Å². The zero-order chi connectivity index (χ0) is 22.7. The van der Waals surface area contributed by atoms with E-state index in [0.717, 1.165) is 44.7 Å². The fraction of sp³-hybridized carbons (Fsp3) is 0.154. The number of anilines is 2. The van der Waals surface area contributed by atoms with Crippen LogP contribution in [0.4, 0.5) is 11.4 Å². The number of benzene rings is 2. The van der Waals surface area contributed by atoms with Gasteiger partial charge in [0, 0.05) is 40.2 Å². The Hall–Kier alpha value is -4.24. The van der Waals surface area contributed by atoms with Crippen molar-refractivity contribution in [2.45, 2.75) is 13.8 Å². The maximum Gasteiger partial charge on any atom is 0.161 e. The van der Waals surface area contributed by atoms with Crippen molar-refractivity contribution in [3.05, 3.63) is 76.7 Å². The summed E-state index contributed by atoms with van der Waals surface area (Å²) in [6.45, 7) is 4.00. The quantitative estimate of drug-likeness (QED) is 0.398. The van der Waals surface area contributed by atoms with Gasteiger partial charge in [-0.25, -0.2) is 0 Å². The number of fused-ring (bicyclic) bond motifs is 1. The normalized spacial score (nSPS) is 11.0. The number of aromatic nitrogens is 2. The molecule has 32 heavy (non-hydrogen) atoms. The van der Waals surface area contributed by atoms with Crippen molar-refractivity contribution in [2.75, 3.05) is 19.5 Å². The van der Waals surface area contributed by atoms with Crippen molar-refractivity contribution in [1.82, 2.24) is 9.97 Å². The molecule has 0 aliphatic heterocycles. The Bertz CT molecular complexity index is 1360. The van der Waals surface area contributed by atoms with E-state index in [2.05, 4.69) is 34.3 Å². The topological polar surface area (TPSA) is 83.0 Å². The number of H-pyrrole nitrogens is 1. The Morgan fingerprint density at radius 2 is 1.84 bits per heavy atom. The molecule has 0 fully saturated rings. The third kappa shape index (κ3) is 3.88. The van der Waals surface area contributed by atoms with Gasteiger partial charge in [-0.05, 0) is 55.3 Å². The second-order valence-electron chi connectivity index (χ2n) is 7.41. The minimum Gasteiger partial charge on any atom is -0.493 e. The molecular formula is C26H24N4O2. The number of hydrogen-bond donors (Lipinski definition) is 2. The van der Waals surface area contributed by atoms with Gasteiger partial charge in [0.1, 0.15) is 6.07 Å². The van der Waals surface area contributed by atoms with Crippen LogP contribution in [-0.4, -0.2) is 24.2 Å². The summed E-state index contributed by atoms with van der Waals surface area (Å²) < 4.78 is 10.7. The number of nitrogens with one attached hydrogen (secondary N) is 2. The summed E-state index contributed by atoms with van der Waals surface area (Å²) >= 11 is 0. The first kappa shape index (κ1) is 21.0. The Kier molecular flexibility index (Phi) is 5.82. The van der Waals surface area contributed by atoms with Crippen LogP contribution >= 0.6 is 0 Å². The number of rotatable bonds is 6. The largest absolute Gasteiger partial charge is 0.493 e. The van der Waals surface area contributed by atoms with Gasteiger partial charge in [-0.2, -0.15) is 5.26 Å². The number of nitriles is 1. The molecular weight excluding hydrogens is 400 g/mol. The maximum absolute atomic E-state index is 9.74. The first-order chi connectivity index (χ1) is 15.5. The predicted octanol–water partition coefficient (Wildman–Crippen LogP) is 5.98. The lowest BCUT2D eigenvalue weighted by molar-refractivity contribution is 0.355. The van der Waals surface area contributed by atoms with Crippen LogP contribution < -0.4 is 14.8 Å². The Morgan fingerprint density at radius 1 is 1.03 bits per heavy atom. The highest BCUT2D eigenvalue weighted by Crippen LogP contribution is 2.33. The molecule has 2 aromatic carbocycles. The molecule has 0 aliphatic carbocycles. The van der Waals surface area contributed by atoms with Gasteiger partial charge in [-0.1, -0.05) is 18.2 Å². The SMILES string of the molecule is COc1ccc(/C=C/c2c(C)ncc(C#N)c2Nc2ccc3[nH]ccc3c2C)cc1OC. The third-order valence-corrected chi connectivity index (χ3v) is 5.55. The number of aromatic amines is 1. The fourth-order valence-electron chi connectivity index (χ4n) is 3.73. The zero-order valence-corrected chi connectivity index (χ0v) is 18.5. The summed E-state index contributed by atoms with van der Waals surface area (Å²) in [7, 11) is 3.22. The van der Waals surface area contributed by atoms with Crippen LogP contribution in [0.3, 0.4) is 0 Å². The molecule has 0 amide bonds. The van der Waals surface area contributed by atoms with Gasteiger partial charge in [0.25, 0.3) is 0 Å². The molecule has 160 valence electrons. The van der Waals surface area contributed by atoms with Crippen LogP contribution in [0.5, 0.6) is 11.5 Å². The molecule has 4 aromatic rings. The number of methoxy groups -OCH3 is 2. The van der Waals surface area contributed by atoms with Gasteiger partial charge in [0.05, 0.1) is 25.5 Å². The summed E-state index contributed by atoms with van der Waals surface area (Å²) in [5, 5.41) is 14.4. The highest BCUT2D eigenvalue weighted by atomic mass is 16.5. The van der Waals surface area contributed by atoms with E-state index in [1.165, 1.54) is 0 Å². The number of pyridine rings is 1. The molecule has 2 aromatic heterocycles. The van der Waals surface area contributed by atoms with Gasteiger partial charge in [-0.3, -0.25) is 4.98 Å². The second-order valence-corrected chi connectivity index (χ2v) is 7.41. The highest BCUT2D eigenvalue weighted by molar-refractivity contribution is 5.90. The Balaban J connectivity index is 1.77. The molecule has 0 unspecified atom stereocenters. The first-order valence-electron chi connectivity index (χ1n) is 10.2. The lowest BCUT2D eigenvalue weighted by atomic mass is 10.0. The second kappa shape index (κ2) is 8.86. The minimum atomic E-state index is 0.483. The molecule has 0 radical (unpaired) electrons. The van der Waals surface area contributed by atoms with Crippen molar-refractivity contribution >= 4 is 34.4 Å². The molecule has 0 saturated heterocycles. The zero-order valence-electron chi connectivity index (χ0n) is 18.5. The van der Waals surface area contributed by atoms with Crippen LogP contribution in [0.15, 0.2) is 48.8 Å². The summed E-state index contributed by atoms with van der Waals surface area (Å²) in [5.41, 5.74) is 6.96. The van der Waals surface area contributed by atoms with Gasteiger partial charge in [-0.15, -0.1) is 0 Å². The minimum absolute atomic E-state index is 0.483. The van der Waals surface area contributed by atoms with Crippen molar-refractivity contribution in [1.29, 1.82) is 5.26 Å². The van der Waals surface area contributed by atoms with E-state index in [9.17, 15) is 5.26 Å². The van der Waals surface area contributed by atoms with E-state index < -0.39 is 0 Å². The molecule has 6 nitrogen and oxygen atoms in total. The van der Waals surface area contributed by atoms with Gasteiger partial charge in [0.15, 0.2) is 11.5 Å². The van der Waals surface area contributed by atoms with E-state index in [1.54, 1.807) is 20.4 Å². The Morgan fingerprint density at radius 3 is 2.59 bits per heavy atom. The molecule has 2 heterocycles. The number of aryl methyl sites for hydroxylation is 2. The van der Waals surface area contributed by atoms with Crippen molar-refractivity contribution in [2.24, 2.45) is 0 Å². The van der Waals surface area contributed by atoms with Crippen LogP contribution in [0, 0.1) is 25.2 Å². The Labute approximate surface area is 187 Å². The third-order valence-electron chi connectivity index (χ3n) is 5.55. The summed E-state index contributed by atoms with van der Waals surface area (Å²) in [4.78, 5) is 7.66. The number of nitrogens with zero attached hydrogens (tertiary/aromatic N) is 2. The molecule has 4 rings (SSSR count). The first-order valence-corrected chi connectivity index (χ1v) is 10.2. The van der Waals surface area contributed by atoms with Gasteiger partial charge >= 0.3 is 0 Å². The van der Waals surface area contributed by atoms with E-state index in [4.69, 9.17) is 9.47 Å². The molecule has 0 spiro atoms. The van der Waals surface area contributed by atoms with Crippen molar-refractivity contribution in [3.63, 3.8) is 0 Å². The lowest BCUT2D eigenvalue weighted by Gasteiger charge is -2.16. The molecule has 0 aliphatic rings. The average Bonchev–Trinajstić information content (AvgIpc) is 3.30. The monoisotopic (exact) mass is 424 g/mol. The van der Waals surface area contributed by atoms with Crippen molar-refractivity contribution < 1.29 is 9.47 Å². The molecule has 0 saturated carbocycles. The van der Waals surface area contributed by atoms with Gasteiger partial charge in [0.2, 0.25) is 0 Å². The number of ether oxygens (including phenoxy) is 2. The van der Waals surface area contributed by atoms with Gasteiger partial charge < -0.3 is 19.8 Å². The standard InChI is InChI=1S/C26H24N4O2/c1-16-20-11-12-28-23(20)9-8-22(16)30-26-19(14-27)15-29-17(2)21(26)7-5-18-6-10-24(31-3)25(13-18)32-4/h5-13,15,28H,1-4H3,(H,29,30)/b7-5+. The highest BCUT2D eigenvalue weighted by Gasteiger charge is 2.13. The van der Waals surface area contributed by atoms with Crippen LogP contribution in [-0.2, 0) is 0 Å². The lowest BCUT2D eigenvalue weighted by Crippen LogP contribution is -2.02. The van der Waals surface area contributed by atoms with E-state index >= 15 is 0 Å². The van der Waals surface area contributed by atoms with Crippen LogP contribution in [0.25, 0.3) is 23.1 Å². The number of hydrogen-bond acceptors (Lipinski definition) is 5. The summed E-state index contributed by atoms with van der Waals surface area (Å²) in [5.74, 6) is 1.33. The smallest absolute Gasteiger partial charge is 0.161 e. The summed E-state index contributed by atoms with van der Waals surface area (Å²) in [6, 6.07) is 14.1. The van der Waals surface area contributed by atoms with Crippen LogP contribution in [0.2, 0.25) is 0 Å². The molecule has 2 N–H and O–H groups in total. The fourth-order valence-corrected chi connectivity index (χ4v) is 3.73. The van der Waals surface area contributed by atoms with E-state index in [0.29, 0.717) is 17.1 Å². The predicted molar refractivity (Wildman–Crippen MR) is 128 cm³/mol. The van der Waals surface area contributed by atoms with E-state index in [-0.39, 0.29) is 0 Å². The average molecular weight is 425 g/mol.